The number of anilines is 1. The van der Waals surface area contributed by atoms with Crippen LogP contribution in [-0.4, -0.2) is 54.1 Å². The van der Waals surface area contributed by atoms with Crippen LogP contribution in [0.1, 0.15) is 23.7 Å². The maximum absolute atomic E-state index is 10.5. The first-order valence-corrected chi connectivity index (χ1v) is 6.23. The van der Waals surface area contributed by atoms with E-state index >= 15 is 0 Å². The second kappa shape index (κ2) is 6.42. The Hall–Kier alpha value is -1.53. The summed E-state index contributed by atoms with van der Waals surface area (Å²) in [5.74, 6) is 0.677. The molecule has 6 heteroatoms. The second-order valence-corrected chi connectivity index (χ2v) is 4.18. The molecule has 2 rings (SSSR count). The first kappa shape index (κ1) is 12.9. The van der Waals surface area contributed by atoms with Crippen molar-refractivity contribution in [3.05, 3.63) is 18.0 Å². The topological polar surface area (TPSA) is 58.6 Å². The second-order valence-electron chi connectivity index (χ2n) is 4.18. The molecule has 1 aliphatic rings. The fraction of sp³-hybridized carbons (Fsp3) is 0.583. The highest BCUT2D eigenvalue weighted by molar-refractivity contribution is 5.73. The number of piperazine rings is 1. The van der Waals surface area contributed by atoms with E-state index in [9.17, 15) is 4.79 Å². The number of rotatable bonds is 5. The van der Waals surface area contributed by atoms with Gasteiger partial charge in [-0.2, -0.15) is 5.06 Å². The lowest BCUT2D eigenvalue weighted by molar-refractivity contribution is -0.161. The molecular formula is C12H18N4O2. The molecule has 0 saturated carbocycles. The van der Waals surface area contributed by atoms with Gasteiger partial charge in [0, 0.05) is 38.6 Å². The molecule has 6 nitrogen and oxygen atoms in total. The van der Waals surface area contributed by atoms with Crippen molar-refractivity contribution >= 4 is 12.2 Å². The average Bonchev–Trinajstić information content (AvgIpc) is 2.46. The summed E-state index contributed by atoms with van der Waals surface area (Å²) in [7, 11) is 0. The number of hydrogen-bond acceptors (Lipinski definition) is 6. The highest BCUT2D eigenvalue weighted by Crippen LogP contribution is 2.10. The van der Waals surface area contributed by atoms with Gasteiger partial charge in [-0.3, -0.25) is 9.63 Å². The number of carbonyl (C=O) groups excluding carboxylic acids is 1. The normalized spacial score (nSPS) is 16.8. The number of aromatic nitrogens is 2. The maximum Gasteiger partial charge on any atom is 0.225 e. The molecule has 0 atom stereocenters. The maximum atomic E-state index is 10.5. The number of hydrogen-bond donors (Lipinski definition) is 0. The largest absolute Gasteiger partial charge is 0.338 e. The van der Waals surface area contributed by atoms with Crippen LogP contribution in [-0.2, 0) is 4.84 Å². The van der Waals surface area contributed by atoms with Crippen molar-refractivity contribution in [3.63, 3.8) is 0 Å². The van der Waals surface area contributed by atoms with Gasteiger partial charge < -0.3 is 4.90 Å². The van der Waals surface area contributed by atoms with Crippen molar-refractivity contribution in [3.8, 4) is 0 Å². The monoisotopic (exact) mass is 250 g/mol. The predicted molar refractivity (Wildman–Crippen MR) is 67.4 cm³/mol. The van der Waals surface area contributed by atoms with Crippen molar-refractivity contribution in [2.75, 3.05) is 37.7 Å². The fourth-order valence-electron chi connectivity index (χ4n) is 1.79. The molecule has 98 valence electrons. The quantitative estimate of drug-likeness (QED) is 0.719. The summed E-state index contributed by atoms with van der Waals surface area (Å²) in [4.78, 5) is 26.6. The predicted octanol–water partition coefficient (Wildman–Crippen LogP) is 0.753. The van der Waals surface area contributed by atoms with Crippen LogP contribution in [0.15, 0.2) is 12.4 Å². The van der Waals surface area contributed by atoms with Gasteiger partial charge in [0.05, 0.1) is 12.2 Å². The molecule has 1 saturated heterocycles. The van der Waals surface area contributed by atoms with E-state index in [0.29, 0.717) is 11.5 Å². The molecule has 18 heavy (non-hydrogen) atoms. The van der Waals surface area contributed by atoms with Crippen LogP contribution >= 0.6 is 0 Å². The van der Waals surface area contributed by atoms with E-state index in [1.54, 1.807) is 12.4 Å². The summed E-state index contributed by atoms with van der Waals surface area (Å²) < 4.78 is 0. The summed E-state index contributed by atoms with van der Waals surface area (Å²) in [6.07, 6.45) is 4.88. The SMILES string of the molecule is CCCON1CCN(c2ncc(C=O)cn2)CC1. The first-order chi connectivity index (χ1) is 8.83. The third-order valence-electron chi connectivity index (χ3n) is 2.79. The van der Waals surface area contributed by atoms with E-state index in [0.717, 1.165) is 45.5 Å². The molecule has 0 radical (unpaired) electrons. The van der Waals surface area contributed by atoms with Crippen molar-refractivity contribution in [2.45, 2.75) is 13.3 Å². The van der Waals surface area contributed by atoms with E-state index in [1.807, 2.05) is 5.06 Å². The lowest BCUT2D eigenvalue weighted by Gasteiger charge is -2.33. The summed E-state index contributed by atoms with van der Waals surface area (Å²) in [5, 5.41) is 1.99. The Kier molecular flexibility index (Phi) is 4.60. The minimum atomic E-state index is 0.503. The lowest BCUT2D eigenvalue weighted by atomic mass is 10.3. The first-order valence-electron chi connectivity index (χ1n) is 6.23. The molecule has 0 amide bonds. The fourth-order valence-corrected chi connectivity index (χ4v) is 1.79. The molecule has 0 bridgehead atoms. The van der Waals surface area contributed by atoms with Gasteiger partial charge in [0.15, 0.2) is 6.29 Å². The van der Waals surface area contributed by atoms with E-state index < -0.39 is 0 Å². The Labute approximate surface area is 107 Å². The zero-order valence-corrected chi connectivity index (χ0v) is 10.6. The zero-order chi connectivity index (χ0) is 12.8. The van der Waals surface area contributed by atoms with Crippen molar-refractivity contribution in [2.24, 2.45) is 0 Å². The van der Waals surface area contributed by atoms with Crippen LogP contribution in [0, 0.1) is 0 Å². The van der Waals surface area contributed by atoms with Crippen LogP contribution < -0.4 is 4.90 Å². The molecule has 1 aromatic heterocycles. The number of carbonyl (C=O) groups is 1. The lowest BCUT2D eigenvalue weighted by Crippen LogP contribution is -2.46. The van der Waals surface area contributed by atoms with Gasteiger partial charge in [-0.15, -0.1) is 0 Å². The van der Waals surface area contributed by atoms with Gasteiger partial charge in [0.2, 0.25) is 5.95 Å². The molecule has 2 heterocycles. The van der Waals surface area contributed by atoms with Crippen LogP contribution in [0.5, 0.6) is 0 Å². The minimum Gasteiger partial charge on any atom is -0.338 e. The van der Waals surface area contributed by atoms with Crippen LogP contribution in [0.2, 0.25) is 0 Å². The Morgan fingerprint density at radius 3 is 2.50 bits per heavy atom. The van der Waals surface area contributed by atoms with E-state index in [-0.39, 0.29) is 0 Å². The highest BCUT2D eigenvalue weighted by atomic mass is 16.7. The van der Waals surface area contributed by atoms with Gasteiger partial charge in [-0.25, -0.2) is 9.97 Å². The summed E-state index contributed by atoms with van der Waals surface area (Å²) in [6.45, 7) is 6.23. The molecular weight excluding hydrogens is 232 g/mol. The minimum absolute atomic E-state index is 0.503. The summed E-state index contributed by atoms with van der Waals surface area (Å²) >= 11 is 0. The zero-order valence-electron chi connectivity index (χ0n) is 10.6. The van der Waals surface area contributed by atoms with Crippen LogP contribution in [0.4, 0.5) is 5.95 Å². The van der Waals surface area contributed by atoms with Gasteiger partial charge in [0.25, 0.3) is 0 Å². The Morgan fingerprint density at radius 1 is 1.28 bits per heavy atom. The molecule has 0 unspecified atom stereocenters. The summed E-state index contributed by atoms with van der Waals surface area (Å²) in [6, 6.07) is 0. The van der Waals surface area contributed by atoms with E-state index in [2.05, 4.69) is 21.8 Å². The van der Waals surface area contributed by atoms with E-state index in [4.69, 9.17) is 4.84 Å². The molecule has 0 aliphatic carbocycles. The van der Waals surface area contributed by atoms with Gasteiger partial charge in [-0.05, 0) is 6.42 Å². The Bertz CT molecular complexity index is 374. The third-order valence-corrected chi connectivity index (χ3v) is 2.79. The number of nitrogens with zero attached hydrogens (tertiary/aromatic N) is 4. The molecule has 1 fully saturated rings. The highest BCUT2D eigenvalue weighted by Gasteiger charge is 2.19. The van der Waals surface area contributed by atoms with Gasteiger partial charge in [0.1, 0.15) is 0 Å². The smallest absolute Gasteiger partial charge is 0.225 e. The van der Waals surface area contributed by atoms with Crippen LogP contribution in [0.25, 0.3) is 0 Å². The standard InChI is InChI=1S/C12H18N4O2/c1-2-7-18-16-5-3-15(4-6-16)12-13-8-11(10-17)9-14-12/h8-10H,2-7H2,1H3. The van der Waals surface area contributed by atoms with Crippen molar-refractivity contribution in [1.29, 1.82) is 0 Å². The Balaban J connectivity index is 1.86. The average molecular weight is 250 g/mol. The molecule has 0 spiro atoms. The van der Waals surface area contributed by atoms with Crippen molar-refractivity contribution < 1.29 is 9.63 Å². The van der Waals surface area contributed by atoms with Gasteiger partial charge >= 0.3 is 0 Å². The van der Waals surface area contributed by atoms with Crippen LogP contribution in [0.3, 0.4) is 0 Å². The van der Waals surface area contributed by atoms with Gasteiger partial charge in [-0.1, -0.05) is 6.92 Å². The molecule has 1 aliphatic heterocycles. The van der Waals surface area contributed by atoms with E-state index in [1.165, 1.54) is 0 Å². The Morgan fingerprint density at radius 2 is 1.94 bits per heavy atom. The molecule has 0 aromatic carbocycles. The molecule has 0 N–H and O–H groups in total. The number of aldehydes is 1. The molecule has 1 aromatic rings. The number of hydroxylamine groups is 2. The summed E-state index contributed by atoms with van der Waals surface area (Å²) in [5.41, 5.74) is 0.503. The third kappa shape index (κ3) is 3.24. The van der Waals surface area contributed by atoms with Crippen molar-refractivity contribution in [1.82, 2.24) is 15.0 Å².